The van der Waals surface area contributed by atoms with E-state index in [2.05, 4.69) is 29.4 Å². The van der Waals surface area contributed by atoms with Gasteiger partial charge in [0.25, 0.3) is 5.56 Å². The number of aryl methyl sites for hydroxylation is 2. The summed E-state index contributed by atoms with van der Waals surface area (Å²) in [4.78, 5) is 31.3. The van der Waals surface area contributed by atoms with Crippen LogP contribution in [-0.2, 0) is 11.2 Å². The standard InChI is InChI=1S/C24H22ClN3O2S/c1-4-16-6-8-17(9-7-16)19-12-31-23-21(19)24(30)28(13-26-23)15(3)22(29)27-18-10-5-14(2)20(25)11-18/h5-13,15H,4H2,1-3H3,(H,27,29). The van der Waals surface area contributed by atoms with Gasteiger partial charge >= 0.3 is 0 Å². The normalized spacial score (nSPS) is 12.1. The molecule has 0 fully saturated rings. The van der Waals surface area contributed by atoms with Crippen molar-refractivity contribution >= 4 is 44.7 Å². The zero-order chi connectivity index (χ0) is 22.1. The van der Waals surface area contributed by atoms with Gasteiger partial charge in [-0.15, -0.1) is 11.3 Å². The van der Waals surface area contributed by atoms with E-state index in [1.54, 1.807) is 19.1 Å². The van der Waals surface area contributed by atoms with Gasteiger partial charge in [0.15, 0.2) is 0 Å². The summed E-state index contributed by atoms with van der Waals surface area (Å²) in [5.74, 6) is -0.313. The fraction of sp³-hybridized carbons (Fsp3) is 0.208. The lowest BCUT2D eigenvalue weighted by molar-refractivity contribution is -0.118. The van der Waals surface area contributed by atoms with Gasteiger partial charge in [-0.2, -0.15) is 0 Å². The Morgan fingerprint density at radius 3 is 2.65 bits per heavy atom. The zero-order valence-corrected chi connectivity index (χ0v) is 19.1. The fourth-order valence-electron chi connectivity index (χ4n) is 3.40. The quantitative estimate of drug-likeness (QED) is 0.414. The predicted octanol–water partition coefficient (Wildman–Crippen LogP) is 5.85. The Labute approximate surface area is 189 Å². The largest absolute Gasteiger partial charge is 0.324 e. The molecule has 1 unspecified atom stereocenters. The molecule has 0 saturated carbocycles. The summed E-state index contributed by atoms with van der Waals surface area (Å²) in [6, 6.07) is 12.8. The summed E-state index contributed by atoms with van der Waals surface area (Å²) < 4.78 is 1.38. The maximum atomic E-state index is 13.3. The number of rotatable bonds is 5. The number of aromatic nitrogens is 2. The second kappa shape index (κ2) is 8.65. The molecule has 2 aromatic carbocycles. The molecule has 158 valence electrons. The maximum absolute atomic E-state index is 13.3. The highest BCUT2D eigenvalue weighted by Gasteiger charge is 2.20. The van der Waals surface area contributed by atoms with Gasteiger partial charge < -0.3 is 5.32 Å². The van der Waals surface area contributed by atoms with Crippen LogP contribution in [0.5, 0.6) is 0 Å². The molecule has 5 nitrogen and oxygen atoms in total. The van der Waals surface area contributed by atoms with Crippen molar-refractivity contribution in [2.75, 3.05) is 5.32 Å². The highest BCUT2D eigenvalue weighted by molar-refractivity contribution is 7.17. The van der Waals surface area contributed by atoms with E-state index in [0.29, 0.717) is 20.9 Å². The third-order valence-electron chi connectivity index (χ3n) is 5.43. The first kappa shape index (κ1) is 21.3. The molecule has 0 radical (unpaired) electrons. The number of amides is 1. The molecular formula is C24H22ClN3O2S. The minimum atomic E-state index is -0.736. The molecule has 1 atom stereocenters. The fourth-order valence-corrected chi connectivity index (χ4v) is 4.48. The Morgan fingerprint density at radius 1 is 1.23 bits per heavy atom. The van der Waals surface area contributed by atoms with Crippen LogP contribution in [0.15, 0.2) is 59.0 Å². The molecule has 1 N–H and O–H groups in total. The van der Waals surface area contributed by atoms with E-state index in [9.17, 15) is 9.59 Å². The number of hydrogen-bond acceptors (Lipinski definition) is 4. The van der Waals surface area contributed by atoms with Crippen molar-refractivity contribution in [1.82, 2.24) is 9.55 Å². The second-order valence-electron chi connectivity index (χ2n) is 7.47. The molecular weight excluding hydrogens is 430 g/mol. The van der Waals surface area contributed by atoms with E-state index in [0.717, 1.165) is 23.1 Å². The van der Waals surface area contributed by atoms with Crippen molar-refractivity contribution in [1.29, 1.82) is 0 Å². The van der Waals surface area contributed by atoms with Crippen LogP contribution in [0.1, 0.15) is 31.0 Å². The van der Waals surface area contributed by atoms with E-state index in [-0.39, 0.29) is 11.5 Å². The molecule has 0 aliphatic rings. The van der Waals surface area contributed by atoms with Gasteiger partial charge in [-0.05, 0) is 49.1 Å². The molecule has 2 aromatic heterocycles. The van der Waals surface area contributed by atoms with Crippen molar-refractivity contribution in [3.05, 3.63) is 80.7 Å². The minimum absolute atomic E-state index is 0.231. The lowest BCUT2D eigenvalue weighted by atomic mass is 10.0. The molecule has 0 aliphatic heterocycles. The van der Waals surface area contributed by atoms with Gasteiger partial charge in [0, 0.05) is 21.7 Å². The summed E-state index contributed by atoms with van der Waals surface area (Å²) >= 11 is 7.58. The second-order valence-corrected chi connectivity index (χ2v) is 8.73. The highest BCUT2D eigenvalue weighted by Crippen LogP contribution is 2.31. The maximum Gasteiger partial charge on any atom is 0.263 e. The van der Waals surface area contributed by atoms with Gasteiger partial charge in [-0.3, -0.25) is 14.2 Å². The number of hydrogen-bond donors (Lipinski definition) is 1. The van der Waals surface area contributed by atoms with Crippen LogP contribution >= 0.6 is 22.9 Å². The number of benzene rings is 2. The van der Waals surface area contributed by atoms with E-state index < -0.39 is 6.04 Å². The third kappa shape index (κ3) is 4.13. The third-order valence-corrected chi connectivity index (χ3v) is 6.72. The van der Waals surface area contributed by atoms with Crippen molar-refractivity contribution < 1.29 is 4.79 Å². The summed E-state index contributed by atoms with van der Waals surface area (Å²) in [6.07, 6.45) is 2.40. The van der Waals surface area contributed by atoms with Crippen LogP contribution in [0.3, 0.4) is 0 Å². The SMILES string of the molecule is CCc1ccc(-c2csc3ncn(C(C)C(=O)Nc4ccc(C)c(Cl)c4)c(=O)c23)cc1. The lowest BCUT2D eigenvalue weighted by Gasteiger charge is -2.15. The molecule has 31 heavy (non-hydrogen) atoms. The number of thiophene rings is 1. The number of nitrogens with zero attached hydrogens (tertiary/aromatic N) is 2. The number of nitrogens with one attached hydrogen (secondary N) is 1. The van der Waals surface area contributed by atoms with Gasteiger partial charge in [0.05, 0.1) is 11.7 Å². The number of carbonyl (C=O) groups is 1. The Hall–Kier alpha value is -2.96. The Balaban J connectivity index is 1.68. The van der Waals surface area contributed by atoms with Crippen LogP contribution in [0.4, 0.5) is 5.69 Å². The number of fused-ring (bicyclic) bond motifs is 1. The van der Waals surface area contributed by atoms with E-state index >= 15 is 0 Å². The summed E-state index contributed by atoms with van der Waals surface area (Å²) in [5.41, 5.74) is 4.32. The van der Waals surface area contributed by atoms with Crippen LogP contribution < -0.4 is 10.9 Å². The molecule has 0 saturated heterocycles. The van der Waals surface area contributed by atoms with Crippen LogP contribution in [0.25, 0.3) is 21.3 Å². The monoisotopic (exact) mass is 451 g/mol. The topological polar surface area (TPSA) is 64.0 Å². The van der Waals surface area contributed by atoms with Crippen molar-refractivity contribution in [2.45, 2.75) is 33.2 Å². The van der Waals surface area contributed by atoms with Gasteiger partial charge in [0.1, 0.15) is 10.9 Å². The highest BCUT2D eigenvalue weighted by atomic mass is 35.5. The average molecular weight is 452 g/mol. The smallest absolute Gasteiger partial charge is 0.263 e. The van der Waals surface area contributed by atoms with Crippen molar-refractivity contribution in [2.24, 2.45) is 0 Å². The van der Waals surface area contributed by atoms with Crippen LogP contribution in [0.2, 0.25) is 5.02 Å². The Kier molecular flexibility index (Phi) is 5.94. The van der Waals surface area contributed by atoms with E-state index in [4.69, 9.17) is 11.6 Å². The van der Waals surface area contributed by atoms with Crippen LogP contribution in [-0.4, -0.2) is 15.5 Å². The van der Waals surface area contributed by atoms with E-state index in [1.165, 1.54) is 27.8 Å². The number of halogens is 1. The first-order valence-corrected chi connectivity index (χ1v) is 11.3. The minimum Gasteiger partial charge on any atom is -0.324 e. The van der Waals surface area contributed by atoms with Crippen LogP contribution in [0, 0.1) is 6.92 Å². The molecule has 4 rings (SSSR count). The summed E-state index contributed by atoms with van der Waals surface area (Å²) in [7, 11) is 0. The number of anilines is 1. The van der Waals surface area contributed by atoms with Gasteiger partial charge in [-0.1, -0.05) is 48.9 Å². The van der Waals surface area contributed by atoms with E-state index in [1.807, 2.05) is 30.5 Å². The van der Waals surface area contributed by atoms with Gasteiger partial charge in [-0.25, -0.2) is 4.98 Å². The predicted molar refractivity (Wildman–Crippen MR) is 128 cm³/mol. The summed E-state index contributed by atoms with van der Waals surface area (Å²) in [5, 5.41) is 5.88. The molecule has 0 aliphatic carbocycles. The first-order chi connectivity index (χ1) is 14.9. The van der Waals surface area contributed by atoms with Crippen molar-refractivity contribution in [3.63, 3.8) is 0 Å². The lowest BCUT2D eigenvalue weighted by Crippen LogP contribution is -2.31. The molecule has 7 heteroatoms. The Bertz CT molecular complexity index is 1330. The molecule has 1 amide bonds. The first-order valence-electron chi connectivity index (χ1n) is 10.0. The molecule has 4 aromatic rings. The number of carbonyl (C=O) groups excluding carboxylic acids is 1. The van der Waals surface area contributed by atoms with Gasteiger partial charge in [0.2, 0.25) is 5.91 Å². The molecule has 0 bridgehead atoms. The summed E-state index contributed by atoms with van der Waals surface area (Å²) in [6.45, 7) is 5.68. The molecule has 0 spiro atoms. The average Bonchev–Trinajstić information content (AvgIpc) is 3.21. The molecule has 2 heterocycles. The van der Waals surface area contributed by atoms with Crippen molar-refractivity contribution in [3.8, 4) is 11.1 Å². The zero-order valence-electron chi connectivity index (χ0n) is 17.5. The Morgan fingerprint density at radius 2 is 1.97 bits per heavy atom.